The van der Waals surface area contributed by atoms with E-state index >= 15 is 0 Å². The normalized spacial score (nSPS) is 19.1. The molecule has 1 unspecified atom stereocenters. The minimum Gasteiger partial charge on any atom is -0.371 e. The second-order valence-corrected chi connectivity index (χ2v) is 5.32. The van der Waals surface area contributed by atoms with Gasteiger partial charge in [0, 0.05) is 19.6 Å². The van der Waals surface area contributed by atoms with Gasteiger partial charge in [-0.2, -0.15) is 5.26 Å². The Bertz CT molecular complexity index is 633. The summed E-state index contributed by atoms with van der Waals surface area (Å²) in [5, 5.41) is 8.98. The molecular formula is C18H18N2O. The van der Waals surface area contributed by atoms with Crippen LogP contribution in [0.2, 0.25) is 0 Å². The quantitative estimate of drug-likeness (QED) is 0.865. The largest absolute Gasteiger partial charge is 0.371 e. The molecule has 0 radical (unpaired) electrons. The van der Waals surface area contributed by atoms with E-state index in [0.717, 1.165) is 31.8 Å². The molecule has 0 amide bonds. The first-order chi connectivity index (χ1) is 10.3. The van der Waals surface area contributed by atoms with Crippen molar-refractivity contribution in [3.8, 4) is 6.07 Å². The maximum atomic E-state index is 8.98. The van der Waals surface area contributed by atoms with Crippen molar-refractivity contribution in [1.82, 2.24) is 4.90 Å². The number of morpholine rings is 1. The first-order valence-electron chi connectivity index (χ1n) is 7.23. The van der Waals surface area contributed by atoms with Gasteiger partial charge in [-0.05, 0) is 23.3 Å². The number of nitrogens with zero attached hydrogens (tertiary/aromatic N) is 2. The molecule has 1 heterocycles. The van der Waals surface area contributed by atoms with Gasteiger partial charge in [0.2, 0.25) is 0 Å². The van der Waals surface area contributed by atoms with Crippen LogP contribution in [0.25, 0.3) is 0 Å². The number of hydrogen-bond donors (Lipinski definition) is 0. The fraction of sp³-hybridized carbons (Fsp3) is 0.278. The van der Waals surface area contributed by atoms with E-state index in [2.05, 4.69) is 29.2 Å². The third-order valence-corrected chi connectivity index (χ3v) is 3.78. The van der Waals surface area contributed by atoms with Gasteiger partial charge in [-0.1, -0.05) is 42.5 Å². The molecule has 2 aromatic carbocycles. The smallest absolute Gasteiger partial charge is 0.0991 e. The van der Waals surface area contributed by atoms with E-state index in [4.69, 9.17) is 10.00 Å². The van der Waals surface area contributed by atoms with Crippen LogP contribution < -0.4 is 0 Å². The van der Waals surface area contributed by atoms with Crippen molar-refractivity contribution < 1.29 is 4.74 Å². The maximum Gasteiger partial charge on any atom is 0.0991 e. The van der Waals surface area contributed by atoms with E-state index in [1.165, 1.54) is 11.1 Å². The highest BCUT2D eigenvalue weighted by Gasteiger charge is 2.21. The molecule has 0 saturated carbocycles. The number of ether oxygens (including phenoxy) is 1. The van der Waals surface area contributed by atoms with E-state index in [0.29, 0.717) is 0 Å². The summed E-state index contributed by atoms with van der Waals surface area (Å²) < 4.78 is 5.88. The van der Waals surface area contributed by atoms with Gasteiger partial charge in [-0.25, -0.2) is 0 Å². The summed E-state index contributed by atoms with van der Waals surface area (Å²) in [6.45, 7) is 3.43. The molecule has 2 aromatic rings. The van der Waals surface area contributed by atoms with Crippen LogP contribution in [-0.4, -0.2) is 24.6 Å². The molecule has 0 bridgehead atoms. The van der Waals surface area contributed by atoms with Crippen LogP contribution in [0.3, 0.4) is 0 Å². The molecule has 21 heavy (non-hydrogen) atoms. The average Bonchev–Trinajstić information content (AvgIpc) is 2.56. The van der Waals surface area contributed by atoms with Gasteiger partial charge in [0.25, 0.3) is 0 Å². The van der Waals surface area contributed by atoms with Crippen molar-refractivity contribution >= 4 is 0 Å². The molecule has 1 fully saturated rings. The predicted molar refractivity (Wildman–Crippen MR) is 81.6 cm³/mol. The lowest BCUT2D eigenvalue weighted by Gasteiger charge is -2.33. The van der Waals surface area contributed by atoms with Crippen molar-refractivity contribution in [3.63, 3.8) is 0 Å². The van der Waals surface area contributed by atoms with Gasteiger partial charge in [0.15, 0.2) is 0 Å². The molecule has 1 saturated heterocycles. The molecule has 3 heteroatoms. The van der Waals surface area contributed by atoms with Crippen molar-refractivity contribution in [3.05, 3.63) is 71.3 Å². The summed E-state index contributed by atoms with van der Waals surface area (Å²) in [5.74, 6) is 0. The van der Waals surface area contributed by atoms with Crippen molar-refractivity contribution in [2.24, 2.45) is 0 Å². The summed E-state index contributed by atoms with van der Waals surface area (Å²) in [6.07, 6.45) is 0.138. The van der Waals surface area contributed by atoms with Crippen molar-refractivity contribution in [2.45, 2.75) is 12.6 Å². The zero-order valence-corrected chi connectivity index (χ0v) is 11.9. The van der Waals surface area contributed by atoms with Gasteiger partial charge >= 0.3 is 0 Å². The number of hydrogen-bond acceptors (Lipinski definition) is 3. The highest BCUT2D eigenvalue weighted by atomic mass is 16.5. The van der Waals surface area contributed by atoms with Gasteiger partial charge in [-0.15, -0.1) is 0 Å². The first kappa shape index (κ1) is 13.8. The zero-order valence-electron chi connectivity index (χ0n) is 11.9. The lowest BCUT2D eigenvalue weighted by molar-refractivity contribution is -0.0329. The van der Waals surface area contributed by atoms with E-state index < -0.39 is 0 Å². The lowest BCUT2D eigenvalue weighted by atomic mass is 10.1. The minimum atomic E-state index is 0.138. The second kappa shape index (κ2) is 6.53. The molecular weight excluding hydrogens is 260 g/mol. The summed E-state index contributed by atoms with van der Waals surface area (Å²) >= 11 is 0. The van der Waals surface area contributed by atoms with Gasteiger partial charge in [0.05, 0.1) is 24.3 Å². The molecule has 0 aliphatic carbocycles. The highest BCUT2D eigenvalue weighted by molar-refractivity contribution is 5.32. The third-order valence-electron chi connectivity index (χ3n) is 3.78. The van der Waals surface area contributed by atoms with E-state index in [1.54, 1.807) is 0 Å². The lowest BCUT2D eigenvalue weighted by Crippen LogP contribution is -2.37. The van der Waals surface area contributed by atoms with Crippen molar-refractivity contribution in [1.29, 1.82) is 5.26 Å². The topological polar surface area (TPSA) is 36.3 Å². The monoisotopic (exact) mass is 278 g/mol. The van der Waals surface area contributed by atoms with E-state index in [9.17, 15) is 0 Å². The Morgan fingerprint density at radius 3 is 2.81 bits per heavy atom. The summed E-state index contributed by atoms with van der Waals surface area (Å²) in [7, 11) is 0. The second-order valence-electron chi connectivity index (χ2n) is 5.32. The van der Waals surface area contributed by atoms with E-state index in [1.807, 2.05) is 36.4 Å². The molecule has 1 aliphatic rings. The van der Waals surface area contributed by atoms with Gasteiger partial charge in [-0.3, -0.25) is 4.90 Å². The Kier molecular flexibility index (Phi) is 4.30. The van der Waals surface area contributed by atoms with Crippen LogP contribution in [0.5, 0.6) is 0 Å². The third kappa shape index (κ3) is 3.49. The molecule has 0 spiro atoms. The maximum absolute atomic E-state index is 8.98. The molecule has 0 aromatic heterocycles. The molecule has 3 rings (SSSR count). The Morgan fingerprint density at radius 1 is 1.14 bits per heavy atom. The van der Waals surface area contributed by atoms with Crippen LogP contribution in [0.1, 0.15) is 22.8 Å². The predicted octanol–water partition coefficient (Wildman–Crippen LogP) is 3.13. The fourth-order valence-electron chi connectivity index (χ4n) is 2.71. The molecule has 1 aliphatic heterocycles. The number of rotatable bonds is 3. The summed E-state index contributed by atoms with van der Waals surface area (Å²) in [5.41, 5.74) is 3.14. The Hall–Kier alpha value is -2.15. The Balaban J connectivity index is 1.68. The van der Waals surface area contributed by atoms with Crippen LogP contribution in [0, 0.1) is 11.3 Å². The van der Waals surface area contributed by atoms with E-state index in [-0.39, 0.29) is 6.10 Å². The van der Waals surface area contributed by atoms with Crippen LogP contribution in [0.4, 0.5) is 0 Å². The number of benzene rings is 2. The first-order valence-corrected chi connectivity index (χ1v) is 7.23. The van der Waals surface area contributed by atoms with Gasteiger partial charge in [0.1, 0.15) is 0 Å². The minimum absolute atomic E-state index is 0.138. The SMILES string of the molecule is N#Cc1cccc(CN2CCOC(c3ccccc3)C2)c1. The number of nitriles is 1. The Morgan fingerprint density at radius 2 is 2.00 bits per heavy atom. The van der Waals surface area contributed by atoms with Crippen LogP contribution >= 0.6 is 0 Å². The molecule has 0 N–H and O–H groups in total. The highest BCUT2D eigenvalue weighted by Crippen LogP contribution is 2.23. The summed E-state index contributed by atoms with van der Waals surface area (Å²) in [6, 6.07) is 20.4. The standard InChI is InChI=1S/C18H18N2O/c19-12-15-5-4-6-16(11-15)13-20-9-10-21-18(14-20)17-7-2-1-3-8-17/h1-8,11,18H,9-10,13-14H2. The van der Waals surface area contributed by atoms with Crippen LogP contribution in [0.15, 0.2) is 54.6 Å². The Labute approximate surface area is 125 Å². The molecule has 1 atom stereocenters. The fourth-order valence-corrected chi connectivity index (χ4v) is 2.71. The van der Waals surface area contributed by atoms with Crippen molar-refractivity contribution in [2.75, 3.05) is 19.7 Å². The molecule has 106 valence electrons. The van der Waals surface area contributed by atoms with Gasteiger partial charge < -0.3 is 4.74 Å². The summed E-state index contributed by atoms with van der Waals surface area (Å²) in [4.78, 5) is 2.39. The zero-order chi connectivity index (χ0) is 14.5. The molecule has 3 nitrogen and oxygen atoms in total. The average molecular weight is 278 g/mol. The van der Waals surface area contributed by atoms with Crippen LogP contribution in [-0.2, 0) is 11.3 Å².